The minimum Gasteiger partial charge on any atom is -0.495 e. The van der Waals surface area contributed by atoms with E-state index < -0.39 is 5.91 Å². The number of carbonyl (C=O) groups excluding carboxylic acids is 1. The van der Waals surface area contributed by atoms with Crippen LogP contribution in [0.2, 0.25) is 5.02 Å². The summed E-state index contributed by atoms with van der Waals surface area (Å²) in [6.07, 6.45) is 1.69. The van der Waals surface area contributed by atoms with Crippen molar-refractivity contribution in [3.05, 3.63) is 45.7 Å². The number of benzene rings is 1. The summed E-state index contributed by atoms with van der Waals surface area (Å²) in [7, 11) is 3.13. The molecule has 3 heterocycles. The van der Waals surface area contributed by atoms with E-state index >= 15 is 0 Å². The Morgan fingerprint density at radius 3 is 2.48 bits per heavy atom. The van der Waals surface area contributed by atoms with Crippen molar-refractivity contribution in [1.29, 1.82) is 5.41 Å². The van der Waals surface area contributed by atoms with Gasteiger partial charge in [-0.05, 0) is 49.4 Å². The van der Waals surface area contributed by atoms with E-state index in [0.29, 0.717) is 21.7 Å². The van der Waals surface area contributed by atoms with Gasteiger partial charge < -0.3 is 14.0 Å². The molecule has 33 heavy (non-hydrogen) atoms. The molecule has 0 atom stereocenters. The lowest BCUT2D eigenvalue weighted by molar-refractivity contribution is -0.114. The van der Waals surface area contributed by atoms with Crippen LogP contribution in [0.3, 0.4) is 0 Å². The smallest absolute Gasteiger partial charge is 0.283 e. The van der Waals surface area contributed by atoms with Crippen molar-refractivity contribution in [3.63, 3.8) is 0 Å². The number of thioether (sulfide) groups is 1. The van der Waals surface area contributed by atoms with Crippen LogP contribution in [-0.2, 0) is 4.79 Å². The fourth-order valence-electron chi connectivity index (χ4n) is 3.72. The molecule has 2 aromatic rings. The van der Waals surface area contributed by atoms with Gasteiger partial charge in [0, 0.05) is 23.4 Å². The summed E-state index contributed by atoms with van der Waals surface area (Å²) < 4.78 is 12.9. The topological polar surface area (TPSA) is 92.3 Å². The van der Waals surface area contributed by atoms with Crippen molar-refractivity contribution in [2.75, 3.05) is 14.2 Å². The number of carbonyl (C=O) groups is 1. The second-order valence-electron chi connectivity index (χ2n) is 7.93. The third-order valence-corrected chi connectivity index (χ3v) is 6.93. The first-order chi connectivity index (χ1) is 15.7. The highest BCUT2D eigenvalue weighted by Gasteiger charge is 2.36. The number of amidine groups is 2. The maximum Gasteiger partial charge on any atom is 0.283 e. The van der Waals surface area contributed by atoms with E-state index in [0.717, 1.165) is 27.7 Å². The number of nitrogens with one attached hydrogen (secondary N) is 1. The van der Waals surface area contributed by atoms with Gasteiger partial charge in [-0.2, -0.15) is 15.1 Å². The monoisotopic (exact) mass is 485 g/mol. The summed E-state index contributed by atoms with van der Waals surface area (Å²) in [6.45, 7) is 7.92. The fraction of sp³-hybridized carbons (Fsp3) is 0.304. The van der Waals surface area contributed by atoms with Gasteiger partial charge in [0.15, 0.2) is 5.84 Å². The molecule has 1 N–H and O–H groups in total. The lowest BCUT2D eigenvalue weighted by atomic mass is 10.1. The second-order valence-corrected chi connectivity index (χ2v) is 9.33. The van der Waals surface area contributed by atoms with Crippen LogP contribution < -0.4 is 9.47 Å². The largest absolute Gasteiger partial charge is 0.495 e. The number of hydrogen-bond acceptors (Lipinski definition) is 6. The number of amides is 1. The maximum atomic E-state index is 12.8. The van der Waals surface area contributed by atoms with Crippen molar-refractivity contribution in [2.45, 2.75) is 27.7 Å². The zero-order valence-electron chi connectivity index (χ0n) is 19.2. The summed E-state index contributed by atoms with van der Waals surface area (Å²) in [5.41, 5.74) is 3.49. The zero-order chi connectivity index (χ0) is 24.0. The quantitative estimate of drug-likeness (QED) is 0.599. The Bertz CT molecular complexity index is 1280. The molecule has 0 radical (unpaired) electrons. The van der Waals surface area contributed by atoms with Crippen molar-refractivity contribution >= 4 is 51.4 Å². The number of nitrogens with zero attached hydrogens (tertiary/aromatic N) is 4. The predicted octanol–water partition coefficient (Wildman–Crippen LogP) is 5.04. The Morgan fingerprint density at radius 2 is 1.85 bits per heavy atom. The number of halogens is 1. The van der Waals surface area contributed by atoms with Gasteiger partial charge in [-0.15, -0.1) is 0 Å². The third-order valence-electron chi connectivity index (χ3n) is 5.43. The fourth-order valence-corrected chi connectivity index (χ4v) is 4.85. The predicted molar refractivity (Wildman–Crippen MR) is 133 cm³/mol. The molecule has 2 aliphatic rings. The SMILES string of the molecule is COc1cc(OC)c(-n2c(C)cc(/C=C3/C(=N)N4N=C(C(C)C)SC4=NC3=O)c2C)cc1Cl. The zero-order valence-corrected chi connectivity index (χ0v) is 20.8. The maximum absolute atomic E-state index is 12.8. The molecule has 0 saturated heterocycles. The van der Waals surface area contributed by atoms with Crippen LogP contribution in [0.5, 0.6) is 11.5 Å². The molecule has 1 aromatic carbocycles. The number of hydrogen-bond donors (Lipinski definition) is 1. The highest BCUT2D eigenvalue weighted by Crippen LogP contribution is 2.37. The number of fused-ring (bicyclic) bond motifs is 1. The lowest BCUT2D eigenvalue weighted by Gasteiger charge is -2.20. The first-order valence-corrected chi connectivity index (χ1v) is 11.5. The van der Waals surface area contributed by atoms with Crippen LogP contribution >= 0.6 is 23.4 Å². The second kappa shape index (κ2) is 8.72. The summed E-state index contributed by atoms with van der Waals surface area (Å²) in [6, 6.07) is 5.46. The minimum atomic E-state index is -0.450. The van der Waals surface area contributed by atoms with E-state index in [1.807, 2.05) is 38.3 Å². The molecule has 1 amide bonds. The van der Waals surface area contributed by atoms with E-state index in [4.69, 9.17) is 26.5 Å². The van der Waals surface area contributed by atoms with Gasteiger partial charge in [-0.3, -0.25) is 10.2 Å². The molecule has 8 nitrogen and oxygen atoms in total. The third kappa shape index (κ3) is 3.95. The van der Waals surface area contributed by atoms with Crippen molar-refractivity contribution in [3.8, 4) is 17.2 Å². The van der Waals surface area contributed by atoms with Crippen LogP contribution in [0.15, 0.2) is 33.9 Å². The van der Waals surface area contributed by atoms with Crippen molar-refractivity contribution in [2.24, 2.45) is 16.0 Å². The molecule has 0 saturated carbocycles. The van der Waals surface area contributed by atoms with E-state index in [9.17, 15) is 4.79 Å². The lowest BCUT2D eigenvalue weighted by Crippen LogP contribution is -2.35. The average molecular weight is 486 g/mol. The van der Waals surface area contributed by atoms with Crippen LogP contribution in [0.4, 0.5) is 0 Å². The number of aromatic nitrogens is 1. The van der Waals surface area contributed by atoms with E-state index in [2.05, 4.69) is 10.1 Å². The normalized spacial score (nSPS) is 17.0. The Kier molecular flexibility index (Phi) is 6.11. The Hall–Kier alpha value is -3.04. The van der Waals surface area contributed by atoms with Gasteiger partial charge in [0.2, 0.25) is 5.17 Å². The standard InChI is InChI=1S/C23H24ClN5O3S/c1-11(2)22-27-29-20(25)15(21(30)26-23(29)33-22)8-14-7-12(3)28(13(14)4)17-9-16(24)18(31-5)10-19(17)32-6/h7-11,25H,1-6H3/b15-8-,25-20?. The molecule has 0 spiro atoms. The minimum absolute atomic E-state index is 0.0167. The first-order valence-electron chi connectivity index (χ1n) is 10.3. The number of aryl methyl sites for hydroxylation is 1. The van der Waals surface area contributed by atoms with E-state index in [-0.39, 0.29) is 17.3 Å². The Morgan fingerprint density at radius 1 is 1.15 bits per heavy atom. The van der Waals surface area contributed by atoms with Gasteiger partial charge in [-0.25, -0.2) is 0 Å². The van der Waals surface area contributed by atoms with Gasteiger partial charge in [0.1, 0.15) is 16.5 Å². The first kappa shape index (κ1) is 23.1. The molecule has 1 aromatic heterocycles. The molecule has 0 unspecified atom stereocenters. The van der Waals surface area contributed by atoms with Crippen molar-refractivity contribution < 1.29 is 14.3 Å². The number of hydrazone groups is 1. The van der Waals surface area contributed by atoms with Gasteiger partial charge >= 0.3 is 0 Å². The molecule has 0 bridgehead atoms. The summed E-state index contributed by atoms with van der Waals surface area (Å²) >= 11 is 7.72. The summed E-state index contributed by atoms with van der Waals surface area (Å²) in [5.74, 6) is 0.861. The summed E-state index contributed by atoms with van der Waals surface area (Å²) in [4.78, 5) is 16.9. The molecule has 172 valence electrons. The van der Waals surface area contributed by atoms with Gasteiger partial charge in [0.25, 0.3) is 5.91 Å². The van der Waals surface area contributed by atoms with Crippen LogP contribution in [0, 0.1) is 25.2 Å². The number of methoxy groups -OCH3 is 2. The van der Waals surface area contributed by atoms with E-state index in [1.165, 1.54) is 16.8 Å². The molecule has 0 fully saturated rings. The van der Waals surface area contributed by atoms with Crippen LogP contribution in [0.25, 0.3) is 11.8 Å². The number of aliphatic imine (C=N–C) groups is 1. The molecule has 2 aliphatic heterocycles. The Labute approximate surface area is 201 Å². The Balaban J connectivity index is 1.78. The number of rotatable bonds is 5. The van der Waals surface area contributed by atoms with Crippen LogP contribution in [-0.4, -0.2) is 45.7 Å². The molecule has 4 rings (SSSR count). The van der Waals surface area contributed by atoms with Gasteiger partial charge in [0.05, 0.1) is 30.5 Å². The van der Waals surface area contributed by atoms with Gasteiger partial charge in [-0.1, -0.05) is 25.4 Å². The number of ether oxygens (including phenoxy) is 2. The van der Waals surface area contributed by atoms with Crippen LogP contribution in [0.1, 0.15) is 30.8 Å². The molecule has 0 aliphatic carbocycles. The average Bonchev–Trinajstić information content (AvgIpc) is 3.31. The molecular weight excluding hydrogens is 462 g/mol. The molecular formula is C23H24ClN5O3S. The highest BCUT2D eigenvalue weighted by molar-refractivity contribution is 8.27. The molecule has 10 heteroatoms. The van der Waals surface area contributed by atoms with Crippen molar-refractivity contribution in [1.82, 2.24) is 9.58 Å². The highest BCUT2D eigenvalue weighted by atomic mass is 35.5. The van der Waals surface area contributed by atoms with E-state index in [1.54, 1.807) is 32.4 Å². The summed E-state index contributed by atoms with van der Waals surface area (Å²) in [5, 5.41) is 16.2.